The minimum atomic E-state index is -0.548. The summed E-state index contributed by atoms with van der Waals surface area (Å²) in [5, 5.41) is 3.36. The van der Waals surface area contributed by atoms with Gasteiger partial charge < -0.3 is 11.1 Å². The number of halogens is 2. The molecule has 180 valence electrons. The molecule has 35 heavy (non-hydrogen) atoms. The van der Waals surface area contributed by atoms with E-state index in [1.165, 1.54) is 49.5 Å². The van der Waals surface area contributed by atoms with Crippen LogP contribution in [0, 0.1) is 5.82 Å². The molecule has 0 aliphatic heterocycles. The van der Waals surface area contributed by atoms with E-state index in [4.69, 9.17) is 5.73 Å². The van der Waals surface area contributed by atoms with Gasteiger partial charge in [-0.25, -0.2) is 14.2 Å². The third kappa shape index (κ3) is 4.66. The summed E-state index contributed by atoms with van der Waals surface area (Å²) in [4.78, 5) is 42.7. The summed E-state index contributed by atoms with van der Waals surface area (Å²) in [6.07, 6.45) is 0. The molecule has 0 aliphatic rings. The van der Waals surface area contributed by atoms with Crippen LogP contribution < -0.4 is 22.3 Å². The van der Waals surface area contributed by atoms with Gasteiger partial charge in [0.05, 0.1) is 5.39 Å². The quantitative estimate of drug-likeness (QED) is 0.386. The molecular formula is C24H21BrFN5O3S. The predicted molar refractivity (Wildman–Crippen MR) is 138 cm³/mol. The third-order valence-electron chi connectivity index (χ3n) is 5.44. The summed E-state index contributed by atoms with van der Waals surface area (Å²) < 4.78 is 17.2. The fourth-order valence-electron chi connectivity index (χ4n) is 3.79. The first-order valence-corrected chi connectivity index (χ1v) is 12.1. The van der Waals surface area contributed by atoms with Gasteiger partial charge in [0.2, 0.25) is 5.91 Å². The summed E-state index contributed by atoms with van der Waals surface area (Å²) in [6, 6.07) is 11.3. The molecular weight excluding hydrogens is 537 g/mol. The smallest absolute Gasteiger partial charge is 0.326 e. The number of hydrogen-bond acceptors (Lipinski definition) is 6. The highest BCUT2D eigenvalue weighted by molar-refractivity contribution is 9.10. The molecule has 0 radical (unpaired) electrons. The van der Waals surface area contributed by atoms with Crippen LogP contribution in [0.2, 0.25) is 0 Å². The molecule has 1 amide bonds. The van der Waals surface area contributed by atoms with Gasteiger partial charge in [-0.1, -0.05) is 27.7 Å². The summed E-state index contributed by atoms with van der Waals surface area (Å²) in [5.74, 6) is -0.666. The van der Waals surface area contributed by atoms with Gasteiger partial charge in [-0.3, -0.25) is 18.7 Å². The third-order valence-corrected chi connectivity index (χ3v) is 7.17. The van der Waals surface area contributed by atoms with Gasteiger partial charge >= 0.3 is 5.69 Å². The number of nitrogens with zero attached hydrogens (tertiary/aromatic N) is 3. The number of pyridine rings is 1. The Balaban J connectivity index is 2.04. The number of fused-ring (bicyclic) bond motifs is 1. The average molecular weight is 558 g/mol. The maximum atomic E-state index is 14.3. The van der Waals surface area contributed by atoms with Gasteiger partial charge in [0.25, 0.3) is 5.56 Å². The number of carbonyl (C=O) groups excluding carboxylic acids is 1. The topological polar surface area (TPSA) is 112 Å². The Morgan fingerprint density at radius 1 is 1.14 bits per heavy atom. The number of amides is 1. The molecule has 4 rings (SSSR count). The highest BCUT2D eigenvalue weighted by Gasteiger charge is 2.24. The Morgan fingerprint density at radius 3 is 2.46 bits per heavy atom. The Hall–Kier alpha value is -3.28. The molecule has 2 aromatic carbocycles. The van der Waals surface area contributed by atoms with E-state index < -0.39 is 17.1 Å². The molecule has 0 saturated heterocycles. The first kappa shape index (κ1) is 24.8. The van der Waals surface area contributed by atoms with Crippen LogP contribution >= 0.6 is 27.7 Å². The van der Waals surface area contributed by atoms with E-state index in [9.17, 15) is 18.8 Å². The highest BCUT2D eigenvalue weighted by Crippen LogP contribution is 2.40. The predicted octanol–water partition coefficient (Wildman–Crippen LogP) is 3.77. The lowest BCUT2D eigenvalue weighted by Gasteiger charge is -2.18. The van der Waals surface area contributed by atoms with Crippen molar-refractivity contribution in [1.82, 2.24) is 14.1 Å². The van der Waals surface area contributed by atoms with Crippen molar-refractivity contribution in [1.29, 1.82) is 0 Å². The molecule has 0 atom stereocenters. The molecule has 0 unspecified atom stereocenters. The number of nitrogens with one attached hydrogen (secondary N) is 1. The Kier molecular flexibility index (Phi) is 6.93. The molecule has 2 aromatic heterocycles. The molecule has 0 aliphatic carbocycles. The minimum Gasteiger partial charge on any atom is -0.326 e. The van der Waals surface area contributed by atoms with E-state index in [1.54, 1.807) is 18.2 Å². The van der Waals surface area contributed by atoms with E-state index in [0.29, 0.717) is 31.9 Å². The molecule has 4 aromatic rings. The van der Waals surface area contributed by atoms with E-state index >= 15 is 0 Å². The SMILES string of the molecule is CC(=O)Nc1ccc(Sc2nc3c(c(-c4cc(F)ccc4Br)c2CN)c(=O)n(C)c(=O)n3C)cc1. The second-order valence-electron chi connectivity index (χ2n) is 7.81. The normalized spacial score (nSPS) is 11.1. The lowest BCUT2D eigenvalue weighted by atomic mass is 9.98. The molecule has 0 bridgehead atoms. The van der Waals surface area contributed by atoms with E-state index in [1.807, 2.05) is 12.1 Å². The first-order chi connectivity index (χ1) is 16.6. The van der Waals surface area contributed by atoms with Crippen LogP contribution in [-0.2, 0) is 25.4 Å². The molecule has 8 nitrogen and oxygen atoms in total. The fraction of sp³-hybridized carbons (Fsp3) is 0.167. The number of nitrogens with two attached hydrogens (primary N) is 1. The number of carbonyl (C=O) groups is 1. The van der Waals surface area contributed by atoms with Crippen LogP contribution in [0.25, 0.3) is 22.2 Å². The van der Waals surface area contributed by atoms with Crippen molar-refractivity contribution in [3.05, 3.63) is 79.2 Å². The molecule has 0 spiro atoms. The summed E-state index contributed by atoms with van der Waals surface area (Å²) in [6.45, 7) is 1.44. The largest absolute Gasteiger partial charge is 0.332 e. The van der Waals surface area contributed by atoms with Crippen molar-refractivity contribution < 1.29 is 9.18 Å². The Morgan fingerprint density at radius 2 is 1.83 bits per heavy atom. The summed E-state index contributed by atoms with van der Waals surface area (Å²) in [7, 11) is 2.91. The number of aromatic nitrogens is 3. The van der Waals surface area contributed by atoms with Crippen LogP contribution in [0.15, 0.2) is 66.4 Å². The fourth-order valence-corrected chi connectivity index (χ4v) is 5.17. The molecule has 2 heterocycles. The maximum absolute atomic E-state index is 14.3. The standard InChI is InChI=1S/C24H21BrFN5O3S/c1-12(32)28-14-5-7-15(8-6-14)35-22-17(11-27)19(16-10-13(26)4-9-18(16)25)20-21(29-22)30(2)24(34)31(3)23(20)33/h4-10H,11,27H2,1-3H3,(H,28,32). The van der Waals surface area contributed by atoms with Crippen LogP contribution in [-0.4, -0.2) is 20.0 Å². The van der Waals surface area contributed by atoms with Crippen molar-refractivity contribution in [2.75, 3.05) is 5.32 Å². The van der Waals surface area contributed by atoms with Gasteiger partial charge in [-0.2, -0.15) is 0 Å². The lowest BCUT2D eigenvalue weighted by molar-refractivity contribution is -0.114. The molecule has 0 saturated carbocycles. The van der Waals surface area contributed by atoms with E-state index in [2.05, 4.69) is 26.2 Å². The van der Waals surface area contributed by atoms with Gasteiger partial charge in [0, 0.05) is 59.3 Å². The zero-order valence-corrected chi connectivity index (χ0v) is 21.5. The number of hydrogen-bond donors (Lipinski definition) is 2. The van der Waals surface area contributed by atoms with Crippen molar-refractivity contribution in [3.63, 3.8) is 0 Å². The van der Waals surface area contributed by atoms with Crippen LogP contribution in [0.4, 0.5) is 10.1 Å². The van der Waals surface area contributed by atoms with Crippen LogP contribution in [0.5, 0.6) is 0 Å². The second-order valence-corrected chi connectivity index (χ2v) is 9.73. The average Bonchev–Trinajstić information content (AvgIpc) is 2.83. The number of aryl methyl sites for hydroxylation is 1. The summed E-state index contributed by atoms with van der Waals surface area (Å²) in [5.41, 5.74) is 7.27. The number of benzene rings is 2. The van der Waals surface area contributed by atoms with Gasteiger partial charge in [0.15, 0.2) is 5.65 Å². The summed E-state index contributed by atoms with van der Waals surface area (Å²) >= 11 is 4.75. The Bertz CT molecular complexity index is 1600. The zero-order chi connectivity index (χ0) is 25.4. The highest BCUT2D eigenvalue weighted by atomic mass is 79.9. The molecule has 0 fully saturated rings. The van der Waals surface area contributed by atoms with Crippen molar-refractivity contribution >= 4 is 50.3 Å². The van der Waals surface area contributed by atoms with Crippen molar-refractivity contribution in [2.45, 2.75) is 23.4 Å². The molecule has 11 heteroatoms. The van der Waals surface area contributed by atoms with Crippen LogP contribution in [0.3, 0.4) is 0 Å². The van der Waals surface area contributed by atoms with Gasteiger partial charge in [-0.05, 0) is 42.5 Å². The zero-order valence-electron chi connectivity index (χ0n) is 19.1. The van der Waals surface area contributed by atoms with E-state index in [0.717, 1.165) is 9.46 Å². The van der Waals surface area contributed by atoms with Gasteiger partial charge in [-0.15, -0.1) is 0 Å². The molecule has 3 N–H and O–H groups in total. The van der Waals surface area contributed by atoms with Crippen molar-refractivity contribution in [3.8, 4) is 11.1 Å². The second kappa shape index (κ2) is 9.76. The maximum Gasteiger partial charge on any atom is 0.332 e. The number of rotatable bonds is 5. The number of anilines is 1. The monoisotopic (exact) mass is 557 g/mol. The lowest BCUT2D eigenvalue weighted by Crippen LogP contribution is -2.37. The Labute approximate surface area is 212 Å². The van der Waals surface area contributed by atoms with Crippen molar-refractivity contribution in [2.24, 2.45) is 19.8 Å². The minimum absolute atomic E-state index is 0.0134. The van der Waals surface area contributed by atoms with Gasteiger partial charge in [0.1, 0.15) is 10.8 Å². The van der Waals surface area contributed by atoms with Crippen LogP contribution in [0.1, 0.15) is 12.5 Å². The van der Waals surface area contributed by atoms with E-state index in [-0.39, 0.29) is 23.5 Å². The first-order valence-electron chi connectivity index (χ1n) is 10.5.